The van der Waals surface area contributed by atoms with E-state index in [1.54, 1.807) is 0 Å². The first-order valence-electron chi connectivity index (χ1n) is 3.84. The van der Waals surface area contributed by atoms with Crippen molar-refractivity contribution in [2.75, 3.05) is 5.32 Å². The molecule has 13 heavy (non-hydrogen) atoms. The molecule has 0 aliphatic rings. The Balaban J connectivity index is 3.10. The maximum absolute atomic E-state index is 5.38. The first kappa shape index (κ1) is 10.5. The molecule has 1 aromatic rings. The Kier molecular flexibility index (Phi) is 3.27. The third-order valence-corrected chi connectivity index (χ3v) is 3.04. The summed E-state index contributed by atoms with van der Waals surface area (Å²) < 4.78 is 1.01. The molecule has 2 nitrogen and oxygen atoms in total. The smallest absolute Gasteiger partial charge is 0.168 e. The van der Waals surface area contributed by atoms with Crippen LogP contribution in [-0.4, -0.2) is 5.11 Å². The molecule has 1 rings (SSSR count). The SMILES string of the molecule is Cc1ccc(NC(N)=S)c(Br)c1C. The van der Waals surface area contributed by atoms with Gasteiger partial charge in [-0.2, -0.15) is 0 Å². The lowest BCUT2D eigenvalue weighted by molar-refractivity contribution is 1.31. The molecule has 0 aliphatic carbocycles. The molecule has 0 saturated carbocycles. The molecule has 4 heteroatoms. The zero-order chi connectivity index (χ0) is 10.0. The van der Waals surface area contributed by atoms with E-state index in [4.69, 9.17) is 18.0 Å². The summed E-state index contributed by atoms with van der Waals surface area (Å²) in [5.74, 6) is 0. The summed E-state index contributed by atoms with van der Waals surface area (Å²) in [7, 11) is 0. The van der Waals surface area contributed by atoms with E-state index >= 15 is 0 Å². The molecule has 0 unspecified atom stereocenters. The van der Waals surface area contributed by atoms with Crippen LogP contribution in [0, 0.1) is 13.8 Å². The van der Waals surface area contributed by atoms with Gasteiger partial charge < -0.3 is 11.1 Å². The number of hydrogen-bond donors (Lipinski definition) is 2. The Morgan fingerprint density at radius 1 is 1.46 bits per heavy atom. The van der Waals surface area contributed by atoms with Gasteiger partial charge in [-0.05, 0) is 59.2 Å². The summed E-state index contributed by atoms with van der Waals surface area (Å²) in [6, 6.07) is 3.98. The molecular weight excluding hydrogens is 248 g/mol. The monoisotopic (exact) mass is 258 g/mol. The van der Waals surface area contributed by atoms with Crippen LogP contribution < -0.4 is 11.1 Å². The minimum absolute atomic E-state index is 0.281. The molecule has 0 bridgehead atoms. The molecular formula is C9H11BrN2S. The fraction of sp³-hybridized carbons (Fsp3) is 0.222. The van der Waals surface area contributed by atoms with Gasteiger partial charge in [-0.3, -0.25) is 0 Å². The predicted molar refractivity (Wildman–Crippen MR) is 64.0 cm³/mol. The molecule has 0 heterocycles. The minimum atomic E-state index is 0.281. The van der Waals surface area contributed by atoms with Crippen LogP contribution >= 0.6 is 28.1 Å². The van der Waals surface area contributed by atoms with Crippen LogP contribution in [0.5, 0.6) is 0 Å². The first-order chi connectivity index (χ1) is 6.02. The molecule has 0 aromatic heterocycles. The second-order valence-electron chi connectivity index (χ2n) is 2.86. The van der Waals surface area contributed by atoms with Crippen LogP contribution in [0.25, 0.3) is 0 Å². The van der Waals surface area contributed by atoms with E-state index in [0.29, 0.717) is 0 Å². The lowest BCUT2D eigenvalue weighted by Crippen LogP contribution is -2.19. The largest absolute Gasteiger partial charge is 0.376 e. The minimum Gasteiger partial charge on any atom is -0.376 e. The number of aryl methyl sites for hydroxylation is 1. The van der Waals surface area contributed by atoms with Crippen molar-refractivity contribution in [1.29, 1.82) is 0 Å². The molecule has 0 atom stereocenters. The van der Waals surface area contributed by atoms with Gasteiger partial charge in [-0.25, -0.2) is 0 Å². The average Bonchev–Trinajstić information content (AvgIpc) is 2.06. The van der Waals surface area contributed by atoms with Crippen molar-refractivity contribution in [3.8, 4) is 0 Å². The van der Waals surface area contributed by atoms with Crippen LogP contribution in [0.3, 0.4) is 0 Å². The fourth-order valence-corrected chi connectivity index (χ4v) is 1.66. The van der Waals surface area contributed by atoms with E-state index in [1.807, 2.05) is 19.1 Å². The maximum Gasteiger partial charge on any atom is 0.168 e. The van der Waals surface area contributed by atoms with Gasteiger partial charge in [0.05, 0.1) is 5.69 Å². The van der Waals surface area contributed by atoms with Gasteiger partial charge >= 0.3 is 0 Å². The summed E-state index contributed by atoms with van der Waals surface area (Å²) in [5, 5.41) is 3.18. The number of hydrogen-bond acceptors (Lipinski definition) is 1. The Labute approximate surface area is 91.6 Å². The Hall–Kier alpha value is -0.610. The standard InChI is InChI=1S/C9H11BrN2S/c1-5-3-4-7(12-9(11)13)8(10)6(5)2/h3-4H,1-2H3,(H3,11,12,13). The van der Waals surface area contributed by atoms with E-state index < -0.39 is 0 Å². The summed E-state index contributed by atoms with van der Waals surface area (Å²) >= 11 is 8.24. The number of nitrogens with one attached hydrogen (secondary N) is 1. The van der Waals surface area contributed by atoms with Crippen molar-refractivity contribution >= 4 is 38.9 Å². The highest BCUT2D eigenvalue weighted by molar-refractivity contribution is 9.10. The Morgan fingerprint density at radius 2 is 2.08 bits per heavy atom. The van der Waals surface area contributed by atoms with Crippen molar-refractivity contribution in [1.82, 2.24) is 0 Å². The van der Waals surface area contributed by atoms with Gasteiger partial charge in [0, 0.05) is 4.47 Å². The van der Waals surface area contributed by atoms with E-state index in [-0.39, 0.29) is 5.11 Å². The second kappa shape index (κ2) is 4.07. The van der Waals surface area contributed by atoms with Crippen molar-refractivity contribution in [3.05, 3.63) is 27.7 Å². The second-order valence-corrected chi connectivity index (χ2v) is 4.09. The van der Waals surface area contributed by atoms with E-state index in [2.05, 4.69) is 28.2 Å². The van der Waals surface area contributed by atoms with Gasteiger partial charge in [0.15, 0.2) is 5.11 Å². The van der Waals surface area contributed by atoms with Crippen LogP contribution in [-0.2, 0) is 0 Å². The number of rotatable bonds is 1. The van der Waals surface area contributed by atoms with Crippen LogP contribution in [0.4, 0.5) is 5.69 Å². The molecule has 0 spiro atoms. The maximum atomic E-state index is 5.38. The topological polar surface area (TPSA) is 38.0 Å². The lowest BCUT2D eigenvalue weighted by atomic mass is 10.1. The predicted octanol–water partition coefficient (Wildman–Crippen LogP) is 2.72. The molecule has 0 amide bonds. The normalized spacial score (nSPS) is 9.77. The molecule has 0 radical (unpaired) electrons. The molecule has 70 valence electrons. The lowest BCUT2D eigenvalue weighted by Gasteiger charge is -2.10. The molecule has 1 aromatic carbocycles. The van der Waals surface area contributed by atoms with Crippen molar-refractivity contribution in [2.45, 2.75) is 13.8 Å². The summed E-state index contributed by atoms with van der Waals surface area (Å²) in [6.45, 7) is 4.11. The number of nitrogens with two attached hydrogens (primary N) is 1. The highest BCUT2D eigenvalue weighted by Gasteiger charge is 2.04. The number of halogens is 1. The zero-order valence-electron chi connectivity index (χ0n) is 7.52. The van der Waals surface area contributed by atoms with Crippen molar-refractivity contribution in [2.24, 2.45) is 5.73 Å². The van der Waals surface area contributed by atoms with Gasteiger partial charge in [0.1, 0.15) is 0 Å². The third-order valence-electron chi connectivity index (χ3n) is 1.92. The molecule has 0 saturated heterocycles. The van der Waals surface area contributed by atoms with E-state index in [1.165, 1.54) is 11.1 Å². The summed E-state index contributed by atoms with van der Waals surface area (Å²) in [5.41, 5.74) is 8.73. The number of thiocarbonyl (C=S) groups is 1. The number of anilines is 1. The average molecular weight is 259 g/mol. The zero-order valence-corrected chi connectivity index (χ0v) is 9.92. The first-order valence-corrected chi connectivity index (χ1v) is 5.04. The fourth-order valence-electron chi connectivity index (χ4n) is 1.01. The molecule has 0 fully saturated rings. The summed E-state index contributed by atoms with van der Waals surface area (Å²) in [6.07, 6.45) is 0. The van der Waals surface area contributed by atoms with Crippen molar-refractivity contribution in [3.63, 3.8) is 0 Å². The van der Waals surface area contributed by atoms with E-state index in [0.717, 1.165) is 10.2 Å². The highest BCUT2D eigenvalue weighted by atomic mass is 79.9. The Morgan fingerprint density at radius 3 is 2.62 bits per heavy atom. The molecule has 3 N–H and O–H groups in total. The van der Waals surface area contributed by atoms with Crippen molar-refractivity contribution < 1.29 is 0 Å². The van der Waals surface area contributed by atoms with E-state index in [9.17, 15) is 0 Å². The van der Waals surface area contributed by atoms with Gasteiger partial charge in [0.25, 0.3) is 0 Å². The highest BCUT2D eigenvalue weighted by Crippen LogP contribution is 2.28. The third kappa shape index (κ3) is 2.42. The van der Waals surface area contributed by atoms with Crippen LogP contribution in [0.1, 0.15) is 11.1 Å². The van der Waals surface area contributed by atoms with Gasteiger partial charge in [0.2, 0.25) is 0 Å². The quantitative estimate of drug-likeness (QED) is 0.761. The van der Waals surface area contributed by atoms with Crippen LogP contribution in [0.15, 0.2) is 16.6 Å². The Bertz CT molecular complexity index is 350. The summed E-state index contributed by atoms with van der Waals surface area (Å²) in [4.78, 5) is 0. The van der Waals surface area contributed by atoms with Gasteiger partial charge in [-0.1, -0.05) is 6.07 Å². The molecule has 0 aliphatic heterocycles. The number of benzene rings is 1. The van der Waals surface area contributed by atoms with Crippen LogP contribution in [0.2, 0.25) is 0 Å². The van der Waals surface area contributed by atoms with Gasteiger partial charge in [-0.15, -0.1) is 0 Å².